The molecule has 117 heavy (non-hydrogen) atoms. The Morgan fingerprint density at radius 1 is 0.325 bits per heavy atom. The highest BCUT2D eigenvalue weighted by molar-refractivity contribution is 6.32. The van der Waals surface area contributed by atoms with Crippen LogP contribution in [0.5, 0.6) is 0 Å². The third-order valence-corrected chi connectivity index (χ3v) is 21.7. The number of carbonyl (C=O) groups is 6. The van der Waals surface area contributed by atoms with Gasteiger partial charge >= 0.3 is 5.97 Å². The number of aliphatic hydroxyl groups is 1. The Hall–Kier alpha value is -9.37. The number of benzene rings is 10. The maximum absolute atomic E-state index is 12.8. The molecule has 3 amide bonds. The van der Waals surface area contributed by atoms with Gasteiger partial charge in [-0.2, -0.15) is 0 Å². The molecule has 10 aromatic carbocycles. The molecule has 21 heteroatoms. The van der Waals surface area contributed by atoms with Crippen LogP contribution in [0.2, 0.25) is 25.1 Å². The molecule has 0 radical (unpaired) electrons. The summed E-state index contributed by atoms with van der Waals surface area (Å²) in [6.07, 6.45) is 8.42. The summed E-state index contributed by atoms with van der Waals surface area (Å²) in [4.78, 5) is 78.7. The Morgan fingerprint density at radius 3 is 0.821 bits per heavy atom. The van der Waals surface area contributed by atoms with Crippen LogP contribution in [0.25, 0.3) is 55.6 Å². The number of carboxylic acids is 1. The number of nitrogens with zero attached hydrogens (tertiary/aromatic N) is 3. The molecule has 0 bridgehead atoms. The number of likely N-dealkylation sites (tertiary alicyclic amines) is 3. The van der Waals surface area contributed by atoms with Gasteiger partial charge in [0.1, 0.15) is 0 Å². The second kappa shape index (κ2) is 47.3. The van der Waals surface area contributed by atoms with Gasteiger partial charge in [-0.05, 0) is 250 Å². The Balaban J connectivity index is 0.000000167. The van der Waals surface area contributed by atoms with Crippen LogP contribution in [0.4, 0.5) is 0 Å². The lowest BCUT2D eigenvalue weighted by molar-refractivity contribution is -0.137. The van der Waals surface area contributed by atoms with E-state index >= 15 is 0 Å². The van der Waals surface area contributed by atoms with Gasteiger partial charge in [0, 0.05) is 147 Å². The van der Waals surface area contributed by atoms with Gasteiger partial charge < -0.3 is 48.6 Å². The van der Waals surface area contributed by atoms with Gasteiger partial charge in [-0.25, -0.2) is 0 Å². The largest absolute Gasteiger partial charge is 0.481 e. The van der Waals surface area contributed by atoms with Gasteiger partial charge in [0.25, 0.3) is 17.7 Å². The van der Waals surface area contributed by atoms with Crippen LogP contribution in [0.15, 0.2) is 212 Å². The molecule has 13 rings (SSSR count). The highest BCUT2D eigenvalue weighted by atomic mass is 35.5. The number of Topliss-reactive ketones (excluding diaryl/α,β-unsaturated/α-hetero) is 2. The number of carbonyl (C=O) groups excluding carboxylic acids is 5. The zero-order chi connectivity index (χ0) is 83.8. The third kappa shape index (κ3) is 27.3. The molecule has 0 spiro atoms. The van der Waals surface area contributed by atoms with Gasteiger partial charge in [0.2, 0.25) is 0 Å². The number of piperidine rings is 2. The average molecular weight is 1680 g/mol. The van der Waals surface area contributed by atoms with Crippen LogP contribution in [-0.4, -0.2) is 142 Å². The predicted molar refractivity (Wildman–Crippen MR) is 469 cm³/mol. The fourth-order valence-corrected chi connectivity index (χ4v) is 14.8. The predicted octanol–water partition coefficient (Wildman–Crippen LogP) is 22.5. The normalized spacial score (nSPS) is 13.2. The van der Waals surface area contributed by atoms with Crippen LogP contribution in [0.1, 0.15) is 157 Å². The lowest BCUT2D eigenvalue weighted by Gasteiger charge is -2.30. The molecule has 0 saturated carbocycles. The molecule has 10 aromatic rings. The standard InChI is InChI=1S/C21H24ClNO2.C20H22ClNO2.C19H20ClNO2.C18H17ClO4.C18H19ClO3/c1-15-9-11-23(12-10-15)21(24)17-5-8-20(18(13-17)14-25-2)16-3-6-19(22)7-4-16;1-24-14-17-13-16(20(23)22-11-3-2-4-12-22)7-10-19(17)15-5-8-18(21)9-6-15;1-23-13-16-12-15(19(22)21-10-2-3-11-21)6-9-18(16)14-4-7-17(20)8-5-14;1-23-11-14-10-13(17(20)8-9-18(21)22)4-7-16(14)12-2-5-15(19)6-3-12;1-22-12-15-11-14(18(21)3-2-10-20)6-9-17(15)13-4-7-16(19)8-5-13/h3-8,13,15H,9-12,14H2,1-2H3;5-10,13H,2-4,11-12,14H2,1H3;4-9,12H,2-3,10-11,13H2,1H3;2-7,10H,8-9,11H2,1H3,(H,21,22);4-9,11,20H,2-3,10,12H2,1H3. The van der Waals surface area contributed by atoms with E-state index in [-0.39, 0.29) is 48.7 Å². The van der Waals surface area contributed by atoms with Crippen LogP contribution in [-0.2, 0) is 61.5 Å². The summed E-state index contributed by atoms with van der Waals surface area (Å²) in [5.74, 6) is -0.0702. The van der Waals surface area contributed by atoms with Gasteiger partial charge in [0.15, 0.2) is 11.6 Å². The third-order valence-electron chi connectivity index (χ3n) is 20.4. The number of amides is 3. The van der Waals surface area contributed by atoms with E-state index in [0.717, 1.165) is 178 Å². The number of ether oxygens (including phenoxy) is 5. The number of rotatable bonds is 26. The highest BCUT2D eigenvalue weighted by Gasteiger charge is 2.25. The number of ketones is 2. The number of hydrogen-bond acceptors (Lipinski definition) is 12. The average Bonchev–Trinajstić information content (AvgIpc) is 1.79. The van der Waals surface area contributed by atoms with E-state index in [2.05, 4.69) is 6.92 Å². The summed E-state index contributed by atoms with van der Waals surface area (Å²) in [6, 6.07) is 66.8. The molecular weight excluding hydrogens is 1580 g/mol. The van der Waals surface area contributed by atoms with Crippen molar-refractivity contribution in [3.8, 4) is 55.6 Å². The minimum Gasteiger partial charge on any atom is -0.481 e. The number of aliphatic hydroxyl groups excluding tert-OH is 1. The van der Waals surface area contributed by atoms with Crippen molar-refractivity contribution in [1.29, 1.82) is 0 Å². The van der Waals surface area contributed by atoms with E-state index in [0.29, 0.717) is 88.0 Å². The number of halogens is 5. The van der Waals surface area contributed by atoms with Gasteiger partial charge in [-0.3, -0.25) is 28.8 Å². The molecule has 3 fully saturated rings. The SMILES string of the molecule is COCc1cc(C(=O)CCC(=O)O)ccc1-c1ccc(Cl)cc1.COCc1cc(C(=O)CCCO)ccc1-c1ccc(Cl)cc1.COCc1cc(C(=O)N2CCC(C)CC2)ccc1-c1ccc(Cl)cc1.COCc1cc(C(=O)N2CCCC2)ccc1-c1ccc(Cl)cc1.COCc1cc(C(=O)N2CCCCC2)ccc1-c1ccc(Cl)cc1. The summed E-state index contributed by atoms with van der Waals surface area (Å²) in [5, 5.41) is 21.0. The monoisotopic (exact) mass is 1680 g/mol. The molecule has 3 heterocycles. The molecule has 2 N–H and O–H groups in total. The Morgan fingerprint density at radius 2 is 0.564 bits per heavy atom. The molecule has 0 unspecified atom stereocenters. The molecule has 0 aliphatic carbocycles. The van der Waals surface area contributed by atoms with E-state index in [1.807, 2.05) is 203 Å². The Labute approximate surface area is 712 Å². The fraction of sp³-hybridized carbons (Fsp3) is 0.312. The van der Waals surface area contributed by atoms with E-state index in [9.17, 15) is 28.8 Å². The second-order valence-corrected chi connectivity index (χ2v) is 31.1. The molecule has 614 valence electrons. The Kier molecular flexibility index (Phi) is 37.0. The number of aliphatic carboxylic acids is 1. The molecule has 3 saturated heterocycles. The minimum absolute atomic E-state index is 0.0119. The van der Waals surface area contributed by atoms with Crippen molar-refractivity contribution < 1.29 is 62.7 Å². The van der Waals surface area contributed by atoms with Gasteiger partial charge in [0.05, 0.1) is 39.5 Å². The molecule has 3 aliphatic heterocycles. The number of carboxylic acid groups (broad SMARTS) is 1. The highest BCUT2D eigenvalue weighted by Crippen LogP contribution is 2.34. The zero-order valence-electron chi connectivity index (χ0n) is 67.2. The van der Waals surface area contributed by atoms with Crippen LogP contribution >= 0.6 is 58.0 Å². The smallest absolute Gasteiger partial charge is 0.303 e. The number of hydrogen-bond donors (Lipinski definition) is 2. The minimum atomic E-state index is -0.978. The van der Waals surface area contributed by atoms with Crippen LogP contribution in [0.3, 0.4) is 0 Å². The summed E-state index contributed by atoms with van der Waals surface area (Å²) < 4.78 is 26.5. The Bertz CT molecular complexity index is 4910. The van der Waals surface area contributed by atoms with Gasteiger partial charge in [-0.1, -0.05) is 168 Å². The lowest BCUT2D eigenvalue weighted by atomic mass is 9.95. The van der Waals surface area contributed by atoms with E-state index in [4.69, 9.17) is 91.9 Å². The summed E-state index contributed by atoms with van der Waals surface area (Å²) >= 11 is 29.8. The van der Waals surface area contributed by atoms with Crippen molar-refractivity contribution >= 4 is 93.3 Å². The zero-order valence-corrected chi connectivity index (χ0v) is 70.9. The first-order valence-electron chi connectivity index (χ1n) is 39.3. The first-order chi connectivity index (χ1) is 56.6. The maximum atomic E-state index is 12.8. The topological polar surface area (TPSA) is 199 Å². The molecule has 0 atom stereocenters. The van der Waals surface area contributed by atoms with Crippen molar-refractivity contribution in [2.24, 2.45) is 5.92 Å². The maximum Gasteiger partial charge on any atom is 0.303 e. The molecule has 0 aromatic heterocycles. The van der Waals surface area contributed by atoms with Crippen LogP contribution < -0.4 is 0 Å². The number of methoxy groups -OCH3 is 5. The van der Waals surface area contributed by atoms with Crippen molar-refractivity contribution in [1.82, 2.24) is 14.7 Å². The molecule has 16 nitrogen and oxygen atoms in total. The summed E-state index contributed by atoms with van der Waals surface area (Å²) in [6.45, 7) is 9.60. The second-order valence-electron chi connectivity index (χ2n) is 29.0. The summed E-state index contributed by atoms with van der Waals surface area (Å²) in [5.41, 5.74) is 18.7. The van der Waals surface area contributed by atoms with Crippen molar-refractivity contribution in [3.05, 3.63) is 293 Å². The summed E-state index contributed by atoms with van der Waals surface area (Å²) in [7, 11) is 8.23. The first kappa shape index (κ1) is 91.5. The first-order valence-corrected chi connectivity index (χ1v) is 41.2. The van der Waals surface area contributed by atoms with Crippen LogP contribution in [0, 0.1) is 5.92 Å². The van der Waals surface area contributed by atoms with Gasteiger partial charge in [-0.15, -0.1) is 0 Å². The van der Waals surface area contributed by atoms with E-state index in [1.165, 1.54) is 6.42 Å². The molecular formula is C96H102Cl5N3O13. The van der Waals surface area contributed by atoms with Crippen molar-refractivity contribution in [2.45, 2.75) is 111 Å². The van der Waals surface area contributed by atoms with Crippen molar-refractivity contribution in [2.75, 3.05) is 81.4 Å². The quantitative estimate of drug-likeness (QED) is 0.0486. The fourth-order valence-electron chi connectivity index (χ4n) is 14.2. The molecule has 3 aliphatic rings. The lowest BCUT2D eigenvalue weighted by Crippen LogP contribution is -2.37. The van der Waals surface area contributed by atoms with E-state index in [1.54, 1.807) is 59.8 Å². The van der Waals surface area contributed by atoms with Crippen molar-refractivity contribution in [3.63, 3.8) is 0 Å². The van der Waals surface area contributed by atoms with E-state index < -0.39 is 5.97 Å².